The maximum absolute atomic E-state index is 10.4. The molecule has 1 nitrogen and oxygen atoms in total. The molecular weight excluding hydrogens is 160 g/mol. The van der Waals surface area contributed by atoms with Crippen LogP contribution in [0.15, 0.2) is 30.3 Å². The number of carbonyl (C=O) groups is 1. The fourth-order valence-electron chi connectivity index (χ4n) is 0.682. The summed E-state index contributed by atoms with van der Waals surface area (Å²) in [7, 11) is 0. The minimum Gasteiger partial charge on any atom is -0.285 e. The zero-order valence-corrected chi connectivity index (χ0v) is 8.29. The van der Waals surface area contributed by atoms with Crippen LogP contribution >= 0.6 is 0 Å². The maximum Gasteiger partial charge on any atom is 0.202 e. The van der Waals surface area contributed by atoms with Gasteiger partial charge in [0.1, 0.15) is 0 Å². The molecule has 0 aliphatic heterocycles. The Kier molecular flexibility index (Phi) is 6.27. The first kappa shape index (κ1) is 11.4. The third-order valence-electron chi connectivity index (χ3n) is 1.16. The van der Waals surface area contributed by atoms with E-state index in [4.69, 9.17) is 0 Å². The number of rotatable bonds is 0. The Balaban J connectivity index is 0.000000671. The molecule has 0 N–H and O–H groups in total. The fourth-order valence-corrected chi connectivity index (χ4v) is 0.682. The second kappa shape index (κ2) is 7.12. The molecule has 0 amide bonds. The molecule has 1 rings (SSSR count). The SMILES string of the molecule is CC.CC(=O)C#Cc1ccccc1. The van der Waals surface area contributed by atoms with Crippen LogP contribution in [0.2, 0.25) is 0 Å². The van der Waals surface area contributed by atoms with Crippen molar-refractivity contribution in [2.24, 2.45) is 0 Å². The van der Waals surface area contributed by atoms with Gasteiger partial charge in [-0.05, 0) is 18.1 Å². The van der Waals surface area contributed by atoms with Gasteiger partial charge in [-0.3, -0.25) is 4.79 Å². The molecule has 0 saturated carbocycles. The van der Waals surface area contributed by atoms with Crippen LogP contribution in [0.1, 0.15) is 26.3 Å². The molecule has 0 atom stereocenters. The van der Waals surface area contributed by atoms with E-state index in [-0.39, 0.29) is 5.78 Å². The van der Waals surface area contributed by atoms with Crippen molar-refractivity contribution in [2.75, 3.05) is 0 Å². The van der Waals surface area contributed by atoms with E-state index < -0.39 is 0 Å². The Hall–Kier alpha value is -1.55. The van der Waals surface area contributed by atoms with E-state index >= 15 is 0 Å². The summed E-state index contributed by atoms with van der Waals surface area (Å²) in [5.74, 6) is 5.11. The summed E-state index contributed by atoms with van der Waals surface area (Å²) in [5, 5.41) is 0. The second-order valence-corrected chi connectivity index (χ2v) is 2.17. The quantitative estimate of drug-likeness (QED) is 0.553. The zero-order chi connectivity index (χ0) is 10.1. The highest BCUT2D eigenvalue weighted by Crippen LogP contribution is 1.94. The van der Waals surface area contributed by atoms with Crippen LogP contribution in [0.4, 0.5) is 0 Å². The third kappa shape index (κ3) is 5.69. The largest absolute Gasteiger partial charge is 0.285 e. The van der Waals surface area contributed by atoms with Crippen LogP contribution in [-0.2, 0) is 4.79 Å². The Morgan fingerprint density at radius 2 is 1.69 bits per heavy atom. The standard InChI is InChI=1S/C10H8O.C2H6/c1-9(11)7-8-10-5-3-2-4-6-10;1-2/h2-6H,1H3;1-2H3. The van der Waals surface area contributed by atoms with Gasteiger partial charge in [0.25, 0.3) is 0 Å². The summed E-state index contributed by atoms with van der Waals surface area (Å²) in [5.41, 5.74) is 0.878. The lowest BCUT2D eigenvalue weighted by atomic mass is 10.2. The minimum absolute atomic E-state index is 0.103. The van der Waals surface area contributed by atoms with Crippen molar-refractivity contribution in [1.82, 2.24) is 0 Å². The van der Waals surface area contributed by atoms with Crippen LogP contribution in [0, 0.1) is 11.8 Å². The van der Waals surface area contributed by atoms with Crippen LogP contribution in [-0.4, -0.2) is 5.78 Å². The molecule has 0 aliphatic rings. The molecule has 0 heterocycles. The van der Waals surface area contributed by atoms with Gasteiger partial charge in [-0.25, -0.2) is 0 Å². The predicted molar refractivity (Wildman–Crippen MR) is 55.3 cm³/mol. The van der Waals surface area contributed by atoms with Gasteiger partial charge < -0.3 is 0 Å². The first-order valence-electron chi connectivity index (χ1n) is 4.36. The summed E-state index contributed by atoms with van der Waals surface area (Å²) in [6.07, 6.45) is 0. The topological polar surface area (TPSA) is 17.1 Å². The summed E-state index contributed by atoms with van der Waals surface area (Å²) in [6, 6.07) is 9.44. The number of Topliss-reactive ketones (excluding diaryl/α,β-unsaturated/α-hetero) is 1. The van der Waals surface area contributed by atoms with Gasteiger partial charge >= 0.3 is 0 Å². The molecule has 13 heavy (non-hydrogen) atoms. The average Bonchev–Trinajstić information content (AvgIpc) is 2.19. The lowest BCUT2D eigenvalue weighted by molar-refractivity contribution is -0.111. The van der Waals surface area contributed by atoms with Gasteiger partial charge in [0.15, 0.2) is 0 Å². The molecule has 0 saturated heterocycles. The Bertz CT molecular complexity index is 301. The maximum atomic E-state index is 10.4. The number of hydrogen-bond acceptors (Lipinski definition) is 1. The van der Waals surface area contributed by atoms with Crippen molar-refractivity contribution in [3.05, 3.63) is 35.9 Å². The lowest BCUT2D eigenvalue weighted by Gasteiger charge is -1.84. The monoisotopic (exact) mass is 174 g/mol. The van der Waals surface area contributed by atoms with Crippen molar-refractivity contribution >= 4 is 5.78 Å². The molecule has 0 unspecified atom stereocenters. The molecule has 1 aromatic rings. The highest BCUT2D eigenvalue weighted by Gasteiger charge is 1.82. The molecule has 0 spiro atoms. The third-order valence-corrected chi connectivity index (χ3v) is 1.16. The van der Waals surface area contributed by atoms with Gasteiger partial charge in [0.2, 0.25) is 5.78 Å². The molecule has 1 aromatic carbocycles. The average molecular weight is 174 g/mol. The predicted octanol–water partition coefficient (Wildman–Crippen LogP) is 2.65. The molecule has 0 radical (unpaired) electrons. The first-order valence-corrected chi connectivity index (χ1v) is 4.36. The van der Waals surface area contributed by atoms with E-state index in [1.165, 1.54) is 6.92 Å². The normalized spacial score (nSPS) is 7.31. The second-order valence-electron chi connectivity index (χ2n) is 2.17. The van der Waals surface area contributed by atoms with E-state index in [2.05, 4.69) is 11.8 Å². The minimum atomic E-state index is -0.103. The highest BCUT2D eigenvalue weighted by molar-refractivity contribution is 5.93. The Morgan fingerprint density at radius 3 is 2.15 bits per heavy atom. The van der Waals surface area contributed by atoms with Crippen molar-refractivity contribution in [1.29, 1.82) is 0 Å². The summed E-state index contributed by atoms with van der Waals surface area (Å²) in [4.78, 5) is 10.4. The molecule has 0 aromatic heterocycles. The molecule has 68 valence electrons. The Labute approximate surface area is 79.8 Å². The van der Waals surface area contributed by atoms with Crippen LogP contribution in [0.5, 0.6) is 0 Å². The van der Waals surface area contributed by atoms with Crippen LogP contribution in [0.25, 0.3) is 0 Å². The van der Waals surface area contributed by atoms with Crippen molar-refractivity contribution < 1.29 is 4.79 Å². The van der Waals surface area contributed by atoms with E-state index in [0.717, 1.165) is 5.56 Å². The lowest BCUT2D eigenvalue weighted by Crippen LogP contribution is -1.80. The van der Waals surface area contributed by atoms with Crippen molar-refractivity contribution in [2.45, 2.75) is 20.8 Å². The van der Waals surface area contributed by atoms with E-state index in [0.29, 0.717) is 0 Å². The van der Waals surface area contributed by atoms with Crippen molar-refractivity contribution in [3.63, 3.8) is 0 Å². The van der Waals surface area contributed by atoms with Gasteiger partial charge in [0, 0.05) is 12.5 Å². The fraction of sp³-hybridized carbons (Fsp3) is 0.250. The van der Waals surface area contributed by atoms with Gasteiger partial charge in [-0.1, -0.05) is 38.0 Å². The van der Waals surface area contributed by atoms with E-state index in [1.807, 2.05) is 44.2 Å². The zero-order valence-electron chi connectivity index (χ0n) is 8.29. The molecular formula is C12H14O. The smallest absolute Gasteiger partial charge is 0.202 e. The molecule has 0 bridgehead atoms. The van der Waals surface area contributed by atoms with Crippen LogP contribution < -0.4 is 0 Å². The summed E-state index contributed by atoms with van der Waals surface area (Å²) in [6.45, 7) is 5.45. The van der Waals surface area contributed by atoms with Gasteiger partial charge in [-0.15, -0.1) is 0 Å². The summed E-state index contributed by atoms with van der Waals surface area (Å²) >= 11 is 0. The van der Waals surface area contributed by atoms with Gasteiger partial charge in [0.05, 0.1) is 0 Å². The first-order chi connectivity index (χ1) is 6.29. The molecule has 0 fully saturated rings. The number of hydrogen-bond donors (Lipinski definition) is 0. The number of carbonyl (C=O) groups excluding carboxylic acids is 1. The van der Waals surface area contributed by atoms with Crippen molar-refractivity contribution in [3.8, 4) is 11.8 Å². The number of ketones is 1. The van der Waals surface area contributed by atoms with E-state index in [1.54, 1.807) is 0 Å². The van der Waals surface area contributed by atoms with E-state index in [9.17, 15) is 4.79 Å². The molecule has 1 heteroatoms. The molecule has 0 aliphatic carbocycles. The van der Waals surface area contributed by atoms with Gasteiger partial charge in [-0.2, -0.15) is 0 Å². The highest BCUT2D eigenvalue weighted by atomic mass is 16.1. The van der Waals surface area contributed by atoms with Crippen LogP contribution in [0.3, 0.4) is 0 Å². The Morgan fingerprint density at radius 1 is 1.15 bits per heavy atom. The summed E-state index contributed by atoms with van der Waals surface area (Å²) < 4.78 is 0. The number of benzene rings is 1.